The Hall–Kier alpha value is -1.46. The van der Waals surface area contributed by atoms with Gasteiger partial charge in [0.15, 0.2) is 5.78 Å². The number of carbonyl (C=O) groups is 2. The summed E-state index contributed by atoms with van der Waals surface area (Å²) < 4.78 is 5.86. The lowest BCUT2D eigenvalue weighted by Crippen LogP contribution is -2.36. The van der Waals surface area contributed by atoms with Crippen molar-refractivity contribution < 1.29 is 24.5 Å². The van der Waals surface area contributed by atoms with E-state index in [1.54, 1.807) is 0 Å². The zero-order chi connectivity index (χ0) is 18.8. The van der Waals surface area contributed by atoms with Gasteiger partial charge in [-0.1, -0.05) is 18.2 Å². The molecule has 0 radical (unpaired) electrons. The Morgan fingerprint density at radius 3 is 2.64 bits per heavy atom. The molecule has 140 valence electrons. The van der Waals surface area contributed by atoms with Crippen molar-refractivity contribution >= 4 is 11.8 Å². The van der Waals surface area contributed by atoms with Crippen molar-refractivity contribution in [1.29, 1.82) is 0 Å². The number of carboxylic acid groups (broad SMARTS) is 1. The van der Waals surface area contributed by atoms with E-state index in [4.69, 9.17) is 4.74 Å². The zero-order valence-corrected chi connectivity index (χ0v) is 15.5. The third-order valence-electron chi connectivity index (χ3n) is 5.76. The smallest absolute Gasteiger partial charge is 0.331 e. The Labute approximate surface area is 149 Å². The quantitative estimate of drug-likeness (QED) is 0.453. The molecule has 25 heavy (non-hydrogen) atoms. The molecule has 0 aromatic rings. The summed E-state index contributed by atoms with van der Waals surface area (Å²) in [5.74, 6) is -1.52. The number of aliphatic hydroxyl groups is 1. The van der Waals surface area contributed by atoms with Gasteiger partial charge in [0, 0.05) is 12.0 Å². The average Bonchev–Trinajstić information content (AvgIpc) is 3.17. The molecule has 0 bridgehead atoms. The molecule has 1 aliphatic heterocycles. The number of rotatable bonds is 2. The number of Topliss-reactive ketones (excluding diaryl/α,β-unsaturated/α-hetero) is 1. The molecule has 1 fully saturated rings. The second-order valence-electron chi connectivity index (χ2n) is 8.01. The maximum absolute atomic E-state index is 12.3. The first kappa shape index (κ1) is 19.9. The predicted octanol–water partition coefficient (Wildman–Crippen LogP) is 3.41. The van der Waals surface area contributed by atoms with Gasteiger partial charge in [-0.05, 0) is 65.2 Å². The van der Waals surface area contributed by atoms with Crippen LogP contribution in [-0.4, -0.2) is 39.3 Å². The summed E-state index contributed by atoms with van der Waals surface area (Å²) >= 11 is 0. The highest BCUT2D eigenvalue weighted by Crippen LogP contribution is 2.45. The van der Waals surface area contributed by atoms with Crippen LogP contribution < -0.4 is 0 Å². The highest BCUT2D eigenvalue weighted by molar-refractivity contribution is 5.87. The second-order valence-corrected chi connectivity index (χ2v) is 8.01. The average molecular weight is 350 g/mol. The van der Waals surface area contributed by atoms with E-state index in [-0.39, 0.29) is 35.4 Å². The summed E-state index contributed by atoms with van der Waals surface area (Å²) in [7, 11) is 0. The van der Waals surface area contributed by atoms with Gasteiger partial charge in [0.2, 0.25) is 0 Å². The van der Waals surface area contributed by atoms with Crippen molar-refractivity contribution in [2.24, 2.45) is 5.92 Å². The van der Waals surface area contributed by atoms with Crippen LogP contribution in [0.4, 0.5) is 0 Å². The van der Waals surface area contributed by atoms with E-state index in [1.807, 2.05) is 6.92 Å². The molecule has 0 aromatic heterocycles. The Morgan fingerprint density at radius 2 is 2.00 bits per heavy atom. The molecule has 1 heterocycles. The summed E-state index contributed by atoms with van der Waals surface area (Å²) in [5, 5.41) is 19.8. The van der Waals surface area contributed by atoms with Gasteiger partial charge in [0.1, 0.15) is 5.60 Å². The number of carboxylic acids is 1. The van der Waals surface area contributed by atoms with Gasteiger partial charge in [-0.25, -0.2) is 4.79 Å². The molecule has 1 saturated heterocycles. The molecule has 0 amide bonds. The number of hydrogen-bond donors (Lipinski definition) is 2. The Morgan fingerprint density at radius 1 is 1.32 bits per heavy atom. The fraction of sp³-hybridized carbons (Fsp3) is 0.700. The van der Waals surface area contributed by atoms with Crippen LogP contribution >= 0.6 is 0 Å². The van der Waals surface area contributed by atoms with Crippen LogP contribution in [0.2, 0.25) is 0 Å². The zero-order valence-electron chi connectivity index (χ0n) is 15.5. The summed E-state index contributed by atoms with van der Waals surface area (Å²) in [6.07, 6.45) is 6.04. The normalized spacial score (nSPS) is 37.4. The lowest BCUT2D eigenvalue weighted by atomic mass is 9.82. The molecular formula is C20H30O5. The SMILES string of the molecule is C=C(C(=O)O)C1CCC(C)(O)C(=O)CCC(C)=CCCC2(C)OC2C1. The molecule has 5 heteroatoms. The fourth-order valence-electron chi connectivity index (χ4n) is 3.56. The van der Waals surface area contributed by atoms with Crippen LogP contribution in [0.15, 0.2) is 23.8 Å². The van der Waals surface area contributed by atoms with Crippen molar-refractivity contribution in [3.63, 3.8) is 0 Å². The Kier molecular flexibility index (Phi) is 5.89. The monoisotopic (exact) mass is 350 g/mol. The van der Waals surface area contributed by atoms with Crippen LogP contribution in [0.5, 0.6) is 0 Å². The van der Waals surface area contributed by atoms with Crippen molar-refractivity contribution in [2.45, 2.75) is 83.0 Å². The molecule has 5 nitrogen and oxygen atoms in total. The largest absolute Gasteiger partial charge is 0.478 e. The van der Waals surface area contributed by atoms with Gasteiger partial charge in [-0.15, -0.1) is 0 Å². The third kappa shape index (κ3) is 5.02. The summed E-state index contributed by atoms with van der Waals surface area (Å²) in [6, 6.07) is 0. The molecule has 0 spiro atoms. The summed E-state index contributed by atoms with van der Waals surface area (Å²) in [6.45, 7) is 9.30. The minimum atomic E-state index is -1.44. The third-order valence-corrected chi connectivity index (χ3v) is 5.76. The van der Waals surface area contributed by atoms with E-state index in [0.717, 1.165) is 18.4 Å². The van der Waals surface area contributed by atoms with E-state index in [2.05, 4.69) is 19.6 Å². The van der Waals surface area contributed by atoms with Crippen LogP contribution in [0.25, 0.3) is 0 Å². The number of aliphatic carboxylic acids is 1. The van der Waals surface area contributed by atoms with E-state index < -0.39 is 11.6 Å². The van der Waals surface area contributed by atoms with E-state index in [9.17, 15) is 19.8 Å². The molecule has 4 atom stereocenters. The van der Waals surface area contributed by atoms with Crippen LogP contribution in [0.3, 0.4) is 0 Å². The number of fused-ring (bicyclic) bond motifs is 1. The van der Waals surface area contributed by atoms with Gasteiger partial charge in [-0.2, -0.15) is 0 Å². The first-order valence-electron chi connectivity index (χ1n) is 9.06. The fourth-order valence-corrected chi connectivity index (χ4v) is 3.56. The van der Waals surface area contributed by atoms with E-state index >= 15 is 0 Å². The molecule has 2 rings (SSSR count). The van der Waals surface area contributed by atoms with Crippen LogP contribution in [0, 0.1) is 5.92 Å². The van der Waals surface area contributed by atoms with Crippen molar-refractivity contribution in [1.82, 2.24) is 0 Å². The van der Waals surface area contributed by atoms with Crippen molar-refractivity contribution in [3.05, 3.63) is 23.8 Å². The van der Waals surface area contributed by atoms with E-state index in [0.29, 0.717) is 25.7 Å². The number of allylic oxidation sites excluding steroid dienone is 2. The molecule has 1 aliphatic carbocycles. The minimum absolute atomic E-state index is 0.00546. The number of epoxide rings is 1. The molecule has 4 unspecified atom stereocenters. The number of ketones is 1. The maximum atomic E-state index is 12.3. The van der Waals surface area contributed by atoms with Crippen molar-refractivity contribution in [3.8, 4) is 0 Å². The maximum Gasteiger partial charge on any atom is 0.331 e. The molecule has 2 aliphatic rings. The van der Waals surface area contributed by atoms with Crippen molar-refractivity contribution in [2.75, 3.05) is 0 Å². The topological polar surface area (TPSA) is 87.1 Å². The number of hydrogen-bond acceptors (Lipinski definition) is 4. The second kappa shape index (κ2) is 7.42. The molecule has 0 aromatic carbocycles. The lowest BCUT2D eigenvalue weighted by Gasteiger charge is -2.25. The van der Waals surface area contributed by atoms with Gasteiger partial charge in [-0.3, -0.25) is 4.79 Å². The predicted molar refractivity (Wildman–Crippen MR) is 95.3 cm³/mol. The van der Waals surface area contributed by atoms with E-state index in [1.165, 1.54) is 6.92 Å². The number of ether oxygens (including phenoxy) is 1. The standard InChI is InChI=1S/C20H30O5/c1-13-6-5-10-20(4)17(25-20)12-15(14(2)18(22)23)9-11-19(3,24)16(21)8-7-13/h6,15,17,24H,2,5,7-12H2,1,3-4H3,(H,22,23). The highest BCUT2D eigenvalue weighted by Gasteiger charge is 2.52. The van der Waals surface area contributed by atoms with Gasteiger partial charge >= 0.3 is 5.97 Å². The van der Waals surface area contributed by atoms with Gasteiger partial charge < -0.3 is 14.9 Å². The molecule has 2 N–H and O–H groups in total. The minimum Gasteiger partial charge on any atom is -0.478 e. The Bertz CT molecular complexity index is 589. The Balaban J connectivity index is 2.18. The lowest BCUT2D eigenvalue weighted by molar-refractivity contribution is -0.136. The van der Waals surface area contributed by atoms with Crippen LogP contribution in [0.1, 0.15) is 65.7 Å². The van der Waals surface area contributed by atoms with Crippen LogP contribution in [-0.2, 0) is 14.3 Å². The molecular weight excluding hydrogens is 320 g/mol. The highest BCUT2D eigenvalue weighted by atomic mass is 16.6. The first-order valence-corrected chi connectivity index (χ1v) is 9.06. The summed E-state index contributed by atoms with van der Waals surface area (Å²) in [4.78, 5) is 23.7. The first-order chi connectivity index (χ1) is 11.5. The van der Waals surface area contributed by atoms with Gasteiger partial charge in [0.05, 0.1) is 11.7 Å². The van der Waals surface area contributed by atoms with Gasteiger partial charge in [0.25, 0.3) is 0 Å². The summed E-state index contributed by atoms with van der Waals surface area (Å²) in [5.41, 5.74) is -0.367. The number of carbonyl (C=O) groups excluding carboxylic acids is 1. The molecule has 0 saturated carbocycles.